The van der Waals surface area contributed by atoms with Crippen LogP contribution in [0.4, 0.5) is 13.2 Å². The van der Waals surface area contributed by atoms with Crippen LogP contribution in [0.5, 0.6) is 0 Å². The third kappa shape index (κ3) is 13.5. The van der Waals surface area contributed by atoms with Gasteiger partial charge in [0.15, 0.2) is 12.6 Å². The van der Waals surface area contributed by atoms with Gasteiger partial charge in [0.1, 0.15) is 41.7 Å². The fourth-order valence-electron chi connectivity index (χ4n) is 9.51. The summed E-state index contributed by atoms with van der Waals surface area (Å²) in [6, 6.07) is -2.08. The minimum atomic E-state index is -4.86. The largest absolute Gasteiger partial charge is 0.459 e. The van der Waals surface area contributed by atoms with Gasteiger partial charge in [-0.25, -0.2) is 0 Å². The van der Waals surface area contributed by atoms with E-state index in [1.54, 1.807) is 41.5 Å². The molecular formula is C42H79F3N4O14S. The second kappa shape index (κ2) is 22.4. The van der Waals surface area contributed by atoms with Crippen molar-refractivity contribution in [1.29, 1.82) is 0 Å². The molecule has 0 radical (unpaired) electrons. The van der Waals surface area contributed by atoms with Crippen LogP contribution in [-0.4, -0.2) is 181 Å². The molecule has 0 aliphatic carbocycles. The van der Waals surface area contributed by atoms with Crippen LogP contribution >= 0.6 is 0 Å². The Kier molecular flexibility index (Phi) is 19.9. The second-order valence-electron chi connectivity index (χ2n) is 19.2. The van der Waals surface area contributed by atoms with Crippen LogP contribution in [0.3, 0.4) is 0 Å². The Bertz CT molecular complexity index is 1600. The van der Waals surface area contributed by atoms with E-state index in [-0.39, 0.29) is 44.7 Å². The van der Waals surface area contributed by atoms with E-state index in [1.807, 2.05) is 13.8 Å². The van der Waals surface area contributed by atoms with Crippen molar-refractivity contribution in [3.8, 4) is 0 Å². The molecule has 0 saturated carbocycles. The number of aliphatic hydroxyl groups excluding tert-OH is 2. The summed E-state index contributed by atoms with van der Waals surface area (Å²) in [4.78, 5) is 14.4. The first-order valence-corrected chi connectivity index (χ1v) is 23.9. The quantitative estimate of drug-likeness (QED) is 0.0912. The van der Waals surface area contributed by atoms with Crippen molar-refractivity contribution in [3.05, 3.63) is 0 Å². The van der Waals surface area contributed by atoms with Gasteiger partial charge in [-0.3, -0.25) is 4.79 Å². The lowest BCUT2D eigenvalue weighted by Gasteiger charge is -2.53. The monoisotopic (exact) mass is 953 g/mol. The molecule has 0 aromatic carbocycles. The van der Waals surface area contributed by atoms with Crippen LogP contribution in [0.2, 0.25) is 0 Å². The second-order valence-corrected chi connectivity index (χ2v) is 21.0. The van der Waals surface area contributed by atoms with E-state index in [0.717, 1.165) is 13.5 Å². The number of hydrogen-bond donors (Lipinski definition) is 8. The van der Waals surface area contributed by atoms with Crippen LogP contribution in [-0.2, 0) is 43.4 Å². The molecule has 0 spiro atoms. The summed E-state index contributed by atoms with van der Waals surface area (Å²) in [7, 11) is -2.32. The van der Waals surface area contributed by atoms with Crippen molar-refractivity contribution < 1.29 is 80.3 Å². The lowest BCUT2D eigenvalue weighted by Crippen LogP contribution is -2.70. The molecule has 64 heavy (non-hydrogen) atoms. The van der Waals surface area contributed by atoms with Crippen LogP contribution in [0.1, 0.15) is 108 Å². The maximum atomic E-state index is 14.4. The van der Waals surface area contributed by atoms with Crippen LogP contribution in [0.25, 0.3) is 0 Å². The molecule has 22 heteroatoms. The number of likely N-dealkylation sites (N-methyl/N-ethyl adjacent to an activating group) is 1. The van der Waals surface area contributed by atoms with Gasteiger partial charge < -0.3 is 64.6 Å². The number of carbonyl (C=O) groups is 1. The van der Waals surface area contributed by atoms with E-state index in [2.05, 4.69) is 10.6 Å². The van der Waals surface area contributed by atoms with Gasteiger partial charge in [-0.15, -0.1) is 0 Å². The number of hydrogen-bond acceptors (Lipinski definition) is 16. The fourth-order valence-corrected chi connectivity index (χ4v) is 10.6. The van der Waals surface area contributed by atoms with E-state index < -0.39 is 131 Å². The number of aliphatic hydroxyl groups is 5. The molecule has 0 aromatic rings. The van der Waals surface area contributed by atoms with E-state index in [9.17, 15) is 51.9 Å². The Morgan fingerprint density at radius 3 is 2.17 bits per heavy atom. The van der Waals surface area contributed by atoms with Gasteiger partial charge >= 0.3 is 12.1 Å². The zero-order valence-corrected chi connectivity index (χ0v) is 40.7. The topological polar surface area (TPSA) is 247 Å². The molecular weight excluding hydrogens is 874 g/mol. The molecule has 0 unspecified atom stereocenters. The van der Waals surface area contributed by atoms with Crippen molar-refractivity contribution in [1.82, 2.24) is 19.7 Å². The van der Waals surface area contributed by atoms with E-state index in [1.165, 1.54) is 32.6 Å². The number of rotatable bonds is 14. The van der Waals surface area contributed by atoms with Gasteiger partial charge in [0.05, 0.1) is 42.0 Å². The molecule has 3 heterocycles. The molecule has 0 aromatic heterocycles. The molecule has 8 N–H and O–H groups in total. The van der Waals surface area contributed by atoms with Gasteiger partial charge in [0.25, 0.3) is 10.2 Å². The zero-order chi connectivity index (χ0) is 49.0. The molecule has 3 fully saturated rings. The average molecular weight is 953 g/mol. The first-order chi connectivity index (χ1) is 29.3. The number of esters is 1. The summed E-state index contributed by atoms with van der Waals surface area (Å²) in [5.74, 6) is -3.48. The maximum absolute atomic E-state index is 14.4. The summed E-state index contributed by atoms with van der Waals surface area (Å²) in [6.45, 7) is 17.2. The van der Waals surface area contributed by atoms with Crippen molar-refractivity contribution in [2.45, 2.75) is 204 Å². The number of carbonyl (C=O) groups excluding carboxylic acids is 1. The standard InChI is InChI=1S/C42H79F3N4O14S/c1-14-16-46-21-41(55)28(8)60-31(19-39(41,10)58-13)62-33-25(5)35(63-37-32(50)29(17-24(4)59-37)49(12)64(56,57)48-22-42(43,44)45)38(9,53)18-23(3)20-47-27(7)34(51)40(11,54)30(15-2)61-36(52)26(33)6/h23-35,37,46-48,50-51,53-55H,14-22H2,1-13H3/t23-,24-,25+,26-,27-,28+,29+,30-,31+,32-,33+,34-,35-,37+,38-,39-,40-,41+/m1/s1. The molecule has 0 amide bonds. The Balaban J connectivity index is 2.18. The molecule has 18 atom stereocenters. The molecule has 3 aliphatic heterocycles. The first-order valence-electron chi connectivity index (χ1n) is 22.5. The Hall–Kier alpha value is -1.35. The lowest BCUT2D eigenvalue weighted by atomic mass is 9.75. The van der Waals surface area contributed by atoms with Crippen molar-refractivity contribution in [2.75, 3.05) is 40.3 Å². The number of alkyl halides is 3. The molecule has 0 bridgehead atoms. The SMILES string of the molecule is CCCNC[C@]1(O)[C@H](C)O[C@@H](O[C@H]2[C@H](C)[C@@H](O[C@@H]3O[C@H](C)C[C@H](N(C)S(=O)(=O)NCC(F)(F)F)[C@H]3O)[C@](C)(O)C[C@@H](C)CN[C@H](C)[C@@H](O)[C@](C)(O)[C@@H](CC)OC(=O)[C@@H]2C)C[C@@]1(C)OC. The Morgan fingerprint density at radius 1 is 0.984 bits per heavy atom. The Morgan fingerprint density at radius 2 is 1.61 bits per heavy atom. The normalized spacial score (nSPS) is 43.9. The molecule has 3 saturated heterocycles. The van der Waals surface area contributed by atoms with E-state index >= 15 is 0 Å². The summed E-state index contributed by atoms with van der Waals surface area (Å²) >= 11 is 0. The Labute approximate surface area is 377 Å². The highest BCUT2D eigenvalue weighted by Crippen LogP contribution is 2.43. The minimum Gasteiger partial charge on any atom is -0.459 e. The molecule has 3 aliphatic rings. The predicted octanol–water partition coefficient (Wildman–Crippen LogP) is 1.70. The number of nitrogens with zero attached hydrogens (tertiary/aromatic N) is 1. The highest BCUT2D eigenvalue weighted by atomic mass is 32.2. The minimum absolute atomic E-state index is 0.00864. The highest BCUT2D eigenvalue weighted by Gasteiger charge is 2.58. The summed E-state index contributed by atoms with van der Waals surface area (Å²) in [6.07, 6.45) is -15.8. The highest BCUT2D eigenvalue weighted by molar-refractivity contribution is 7.87. The number of nitrogens with one attached hydrogen (secondary N) is 3. The number of cyclic esters (lactones) is 1. The van der Waals surface area contributed by atoms with E-state index in [4.69, 9.17) is 28.4 Å². The van der Waals surface area contributed by atoms with Crippen LogP contribution in [0.15, 0.2) is 0 Å². The smallest absolute Gasteiger partial charge is 0.402 e. The van der Waals surface area contributed by atoms with Crippen LogP contribution < -0.4 is 15.4 Å². The molecule has 378 valence electrons. The van der Waals surface area contributed by atoms with Gasteiger partial charge in [-0.05, 0) is 93.2 Å². The van der Waals surface area contributed by atoms with Crippen molar-refractivity contribution >= 4 is 16.2 Å². The van der Waals surface area contributed by atoms with Crippen LogP contribution in [0, 0.1) is 17.8 Å². The van der Waals surface area contributed by atoms with E-state index in [0.29, 0.717) is 10.8 Å². The number of methoxy groups -OCH3 is 1. The van der Waals surface area contributed by atoms with Gasteiger partial charge in [-0.1, -0.05) is 27.7 Å². The lowest BCUT2D eigenvalue weighted by molar-refractivity contribution is -0.336. The summed E-state index contributed by atoms with van der Waals surface area (Å²) in [5, 5.41) is 65.9. The number of ether oxygens (including phenoxy) is 6. The van der Waals surface area contributed by atoms with Crippen molar-refractivity contribution in [2.24, 2.45) is 17.8 Å². The van der Waals surface area contributed by atoms with Gasteiger partial charge in [0.2, 0.25) is 0 Å². The molecule has 3 rings (SSSR count). The van der Waals surface area contributed by atoms with Gasteiger partial charge in [0, 0.05) is 39.1 Å². The fraction of sp³-hybridized carbons (Fsp3) is 0.976. The molecule has 18 nitrogen and oxygen atoms in total. The summed E-state index contributed by atoms with van der Waals surface area (Å²) < 4.78 is 105. The maximum Gasteiger partial charge on any atom is 0.402 e. The van der Waals surface area contributed by atoms with Gasteiger partial charge in [-0.2, -0.15) is 30.6 Å². The summed E-state index contributed by atoms with van der Waals surface area (Å²) in [5.41, 5.74) is -6.60. The average Bonchev–Trinajstić information content (AvgIpc) is 3.20. The first kappa shape index (κ1) is 57.0. The zero-order valence-electron chi connectivity index (χ0n) is 39.8. The third-order valence-electron chi connectivity index (χ3n) is 13.7. The number of halogens is 3. The van der Waals surface area contributed by atoms with Crippen molar-refractivity contribution in [3.63, 3.8) is 0 Å². The predicted molar refractivity (Wildman–Crippen MR) is 229 cm³/mol. The third-order valence-corrected chi connectivity index (χ3v) is 15.2.